The molecule has 1 aliphatic heterocycles. The van der Waals surface area contributed by atoms with Gasteiger partial charge in [0.15, 0.2) is 17.4 Å². The topological polar surface area (TPSA) is 104 Å². The number of Topliss-reactive ketones (excluding diaryl/α,β-unsaturated/α-hetero) is 1. The van der Waals surface area contributed by atoms with Crippen molar-refractivity contribution in [1.82, 2.24) is 15.3 Å². The van der Waals surface area contributed by atoms with Crippen LogP contribution in [-0.2, 0) is 9.53 Å². The lowest BCUT2D eigenvalue weighted by molar-refractivity contribution is -0.127. The summed E-state index contributed by atoms with van der Waals surface area (Å²) in [4.78, 5) is 46.7. The summed E-state index contributed by atoms with van der Waals surface area (Å²) in [6.45, 7) is 0.809. The first kappa shape index (κ1) is 25.2. The maximum Gasteiger partial charge on any atom is 0.270 e. The van der Waals surface area contributed by atoms with Crippen molar-refractivity contribution >= 4 is 34.9 Å². The fourth-order valence-corrected chi connectivity index (χ4v) is 5.23. The van der Waals surface area contributed by atoms with Crippen LogP contribution in [0, 0.1) is 17.0 Å². The van der Waals surface area contributed by atoms with Crippen molar-refractivity contribution in [1.29, 1.82) is 0 Å². The number of carbonyl (C=O) groups is 3. The second kappa shape index (κ2) is 10.4. The predicted molar refractivity (Wildman–Crippen MR) is 125 cm³/mol. The molecule has 1 saturated carbocycles. The van der Waals surface area contributed by atoms with Crippen LogP contribution in [0.15, 0.2) is 18.5 Å². The van der Waals surface area contributed by atoms with E-state index in [4.69, 9.17) is 16.3 Å². The van der Waals surface area contributed by atoms with E-state index >= 15 is 0 Å². The molecular weight excluding hydrogens is 482 g/mol. The normalized spacial score (nSPS) is 22.1. The Balaban J connectivity index is 1.36. The molecule has 4 rings (SSSR count). The molecule has 2 amide bonds. The fourth-order valence-electron chi connectivity index (χ4n) is 4.98. The van der Waals surface area contributed by atoms with Gasteiger partial charge in [-0.3, -0.25) is 14.4 Å². The lowest BCUT2D eigenvalue weighted by Gasteiger charge is -2.36. The van der Waals surface area contributed by atoms with Crippen molar-refractivity contribution in [2.75, 3.05) is 25.2 Å². The SMILES string of the molecule is COCCCC(=O)c1nc[nH]c1C(=O)NC1CCC2(CC1)CCN(c1cc(F)c(F)cc1Cl)C2=O. The molecule has 1 aliphatic carbocycles. The third-order valence-corrected chi connectivity index (χ3v) is 7.26. The Morgan fingerprint density at radius 2 is 1.97 bits per heavy atom. The number of aromatic amines is 1. The molecule has 2 fully saturated rings. The maximum absolute atomic E-state index is 13.8. The number of ether oxygens (including phenoxy) is 1. The highest BCUT2D eigenvalue weighted by Gasteiger charge is 2.49. The Morgan fingerprint density at radius 3 is 2.69 bits per heavy atom. The second-order valence-electron chi connectivity index (χ2n) is 9.10. The van der Waals surface area contributed by atoms with Crippen LogP contribution in [0.2, 0.25) is 5.02 Å². The average molecular weight is 509 g/mol. The number of hydrogen-bond acceptors (Lipinski definition) is 5. The van der Waals surface area contributed by atoms with E-state index in [1.54, 1.807) is 7.11 Å². The minimum Gasteiger partial charge on any atom is -0.385 e. The molecule has 1 aromatic heterocycles. The average Bonchev–Trinajstić information content (AvgIpc) is 3.44. The van der Waals surface area contributed by atoms with Gasteiger partial charge < -0.3 is 19.9 Å². The van der Waals surface area contributed by atoms with Gasteiger partial charge in [0.2, 0.25) is 5.91 Å². The molecule has 8 nitrogen and oxygen atoms in total. The summed E-state index contributed by atoms with van der Waals surface area (Å²) in [7, 11) is 1.56. The first-order chi connectivity index (χ1) is 16.8. The number of anilines is 1. The van der Waals surface area contributed by atoms with Crippen LogP contribution in [0.4, 0.5) is 14.5 Å². The summed E-state index contributed by atoms with van der Waals surface area (Å²) in [5.74, 6) is -2.92. The molecule has 11 heteroatoms. The van der Waals surface area contributed by atoms with Gasteiger partial charge in [0, 0.05) is 38.8 Å². The number of H-pyrrole nitrogens is 1. The lowest BCUT2D eigenvalue weighted by Crippen LogP contribution is -2.44. The number of nitrogens with zero attached hydrogens (tertiary/aromatic N) is 2. The molecule has 1 saturated heterocycles. The molecule has 1 spiro atoms. The zero-order valence-corrected chi connectivity index (χ0v) is 20.1. The van der Waals surface area contributed by atoms with E-state index in [0.29, 0.717) is 51.7 Å². The monoisotopic (exact) mass is 508 g/mol. The largest absolute Gasteiger partial charge is 0.385 e. The summed E-state index contributed by atoms with van der Waals surface area (Å²) in [6.07, 6.45) is 4.89. The Hall–Kier alpha value is -2.85. The Morgan fingerprint density at radius 1 is 1.26 bits per heavy atom. The Kier molecular flexibility index (Phi) is 7.51. The molecule has 0 atom stereocenters. The second-order valence-corrected chi connectivity index (χ2v) is 9.51. The highest BCUT2D eigenvalue weighted by atomic mass is 35.5. The number of halogens is 3. The van der Waals surface area contributed by atoms with Crippen molar-refractivity contribution in [3.63, 3.8) is 0 Å². The molecular formula is C24H27ClF2N4O4. The summed E-state index contributed by atoms with van der Waals surface area (Å²) in [5.41, 5.74) is -0.212. The number of nitrogens with one attached hydrogen (secondary N) is 2. The minimum atomic E-state index is -1.06. The molecule has 2 N–H and O–H groups in total. The van der Waals surface area contributed by atoms with E-state index in [0.717, 1.165) is 12.1 Å². The number of aromatic nitrogens is 2. The molecule has 2 heterocycles. The quantitative estimate of drug-likeness (QED) is 0.318. The van der Waals surface area contributed by atoms with Gasteiger partial charge in [-0.1, -0.05) is 11.6 Å². The zero-order valence-electron chi connectivity index (χ0n) is 19.3. The van der Waals surface area contributed by atoms with Crippen molar-refractivity contribution in [3.8, 4) is 0 Å². The van der Waals surface area contributed by atoms with Gasteiger partial charge >= 0.3 is 0 Å². The standard InChI is InChI=1S/C24H27ClF2N4O4/c1-35-10-2-3-19(32)20-21(29-13-28-20)22(33)30-14-4-6-24(7-5-14)8-9-31(23(24)34)18-12-17(27)16(26)11-15(18)25/h11-14H,2-10H2,1H3,(H,28,29)(H,30,33). The van der Waals surface area contributed by atoms with Gasteiger partial charge in [-0.25, -0.2) is 13.8 Å². The summed E-state index contributed by atoms with van der Waals surface area (Å²) >= 11 is 6.09. The van der Waals surface area contributed by atoms with E-state index in [1.807, 2.05) is 0 Å². The van der Waals surface area contributed by atoms with E-state index in [2.05, 4.69) is 15.3 Å². The molecule has 1 aromatic carbocycles. The fraction of sp³-hybridized carbons (Fsp3) is 0.500. The van der Waals surface area contributed by atoms with Crippen molar-refractivity contribution in [2.24, 2.45) is 5.41 Å². The molecule has 2 aliphatic rings. The summed E-state index contributed by atoms with van der Waals surface area (Å²) < 4.78 is 32.2. The van der Waals surface area contributed by atoms with Crippen LogP contribution in [0.3, 0.4) is 0 Å². The summed E-state index contributed by atoms with van der Waals surface area (Å²) in [5, 5.41) is 2.93. The summed E-state index contributed by atoms with van der Waals surface area (Å²) in [6, 6.07) is 1.67. The molecule has 0 bridgehead atoms. The number of ketones is 1. The number of benzene rings is 1. The first-order valence-electron chi connectivity index (χ1n) is 11.6. The number of hydrogen-bond donors (Lipinski definition) is 2. The highest BCUT2D eigenvalue weighted by Crippen LogP contribution is 2.47. The predicted octanol–water partition coefficient (Wildman–Crippen LogP) is 4.05. The molecule has 0 radical (unpaired) electrons. The van der Waals surface area contributed by atoms with Gasteiger partial charge in [0.1, 0.15) is 11.4 Å². The zero-order chi connectivity index (χ0) is 25.2. The third kappa shape index (κ3) is 5.08. The van der Waals surface area contributed by atoms with Crippen LogP contribution < -0.4 is 10.2 Å². The molecule has 188 valence electrons. The van der Waals surface area contributed by atoms with Crippen molar-refractivity contribution < 1.29 is 27.9 Å². The number of amides is 2. The van der Waals surface area contributed by atoms with Crippen LogP contribution in [0.25, 0.3) is 0 Å². The maximum atomic E-state index is 13.8. The van der Waals surface area contributed by atoms with E-state index in [9.17, 15) is 23.2 Å². The van der Waals surface area contributed by atoms with Gasteiger partial charge in [-0.05, 0) is 44.6 Å². The van der Waals surface area contributed by atoms with Gasteiger partial charge in [0.05, 0.1) is 22.5 Å². The van der Waals surface area contributed by atoms with Crippen LogP contribution in [0.5, 0.6) is 0 Å². The van der Waals surface area contributed by atoms with Crippen LogP contribution in [-0.4, -0.2) is 53.9 Å². The third-order valence-electron chi connectivity index (χ3n) is 6.95. The van der Waals surface area contributed by atoms with Gasteiger partial charge in [0.25, 0.3) is 5.91 Å². The van der Waals surface area contributed by atoms with Crippen molar-refractivity contribution in [3.05, 3.63) is 46.5 Å². The first-order valence-corrected chi connectivity index (χ1v) is 12.0. The number of carbonyl (C=O) groups excluding carboxylic acids is 3. The van der Waals surface area contributed by atoms with Crippen molar-refractivity contribution in [2.45, 2.75) is 51.0 Å². The molecule has 0 unspecified atom stereocenters. The minimum absolute atomic E-state index is 0.0117. The van der Waals surface area contributed by atoms with Gasteiger partial charge in [-0.15, -0.1) is 0 Å². The Labute approximate surface area is 206 Å². The molecule has 2 aromatic rings. The van der Waals surface area contributed by atoms with Crippen LogP contribution >= 0.6 is 11.6 Å². The number of rotatable bonds is 8. The smallest absolute Gasteiger partial charge is 0.270 e. The van der Waals surface area contributed by atoms with E-state index in [1.165, 1.54) is 11.2 Å². The Bertz CT molecular complexity index is 1130. The van der Waals surface area contributed by atoms with E-state index in [-0.39, 0.29) is 46.3 Å². The molecule has 35 heavy (non-hydrogen) atoms. The highest BCUT2D eigenvalue weighted by molar-refractivity contribution is 6.34. The number of methoxy groups -OCH3 is 1. The van der Waals surface area contributed by atoms with E-state index < -0.39 is 23.0 Å². The lowest BCUT2D eigenvalue weighted by atomic mass is 9.71. The number of imidazole rings is 1. The van der Waals surface area contributed by atoms with Crippen LogP contribution in [0.1, 0.15) is 65.9 Å². The van der Waals surface area contributed by atoms with Gasteiger partial charge in [-0.2, -0.15) is 0 Å².